The van der Waals surface area contributed by atoms with Gasteiger partial charge >= 0.3 is 5.97 Å². The molecule has 0 aliphatic heterocycles. The minimum Gasteiger partial charge on any atom is -0.426 e. The minimum atomic E-state index is -0.296. The fourth-order valence-corrected chi connectivity index (χ4v) is 3.32. The maximum atomic E-state index is 12.2. The van der Waals surface area contributed by atoms with Gasteiger partial charge in [0.1, 0.15) is 10.6 Å². The van der Waals surface area contributed by atoms with Crippen molar-refractivity contribution in [1.29, 1.82) is 0 Å². The molecule has 0 saturated heterocycles. The minimum absolute atomic E-state index is 0.227. The van der Waals surface area contributed by atoms with Gasteiger partial charge in [-0.25, -0.2) is 9.97 Å². The summed E-state index contributed by atoms with van der Waals surface area (Å²) in [6.07, 6.45) is 12.1. The van der Waals surface area contributed by atoms with Crippen molar-refractivity contribution in [3.8, 4) is 17.1 Å². The first-order chi connectivity index (χ1) is 13.5. The topological polar surface area (TPSA) is 52.1 Å². The lowest BCUT2D eigenvalue weighted by Crippen LogP contribution is -2.26. The number of rotatable bonds is 11. The smallest absolute Gasteiger partial charge is 0.325 e. The molecule has 2 unspecified atom stereocenters. The Labute approximate surface area is 177 Å². The normalized spacial score (nSPS) is 13.1. The monoisotopic (exact) mass is 446 g/mol. The van der Waals surface area contributed by atoms with Gasteiger partial charge in [0, 0.05) is 18.0 Å². The molecular formula is C23H31BrN2O2. The average molecular weight is 447 g/mol. The Kier molecular flexibility index (Phi) is 9.62. The molecule has 2 rings (SSSR count). The van der Waals surface area contributed by atoms with Crippen LogP contribution in [0.3, 0.4) is 0 Å². The van der Waals surface area contributed by atoms with Crippen molar-refractivity contribution < 1.29 is 9.53 Å². The van der Waals surface area contributed by atoms with E-state index in [1.807, 2.05) is 31.5 Å². The van der Waals surface area contributed by atoms with Gasteiger partial charge in [-0.15, -0.1) is 0 Å². The van der Waals surface area contributed by atoms with E-state index in [9.17, 15) is 4.79 Å². The number of hydrogen-bond acceptors (Lipinski definition) is 4. The van der Waals surface area contributed by atoms with Gasteiger partial charge in [-0.2, -0.15) is 0 Å². The first-order valence-electron chi connectivity index (χ1n) is 10.3. The zero-order valence-electron chi connectivity index (χ0n) is 17.2. The number of benzene rings is 1. The Bertz CT molecular complexity index is 716. The highest BCUT2D eigenvalue weighted by Gasteiger charge is 2.22. The fraction of sp³-hybridized carbons (Fsp3) is 0.522. The molecule has 152 valence electrons. The largest absolute Gasteiger partial charge is 0.426 e. The zero-order valence-corrected chi connectivity index (χ0v) is 18.7. The molecule has 0 aliphatic rings. The number of nitrogens with zero attached hydrogens (tertiary/aromatic N) is 2. The van der Waals surface area contributed by atoms with Crippen LogP contribution in [0.5, 0.6) is 5.75 Å². The van der Waals surface area contributed by atoms with Gasteiger partial charge in [0.2, 0.25) is 0 Å². The number of alkyl halides is 1. The predicted molar refractivity (Wildman–Crippen MR) is 118 cm³/mol. The second-order valence-electron chi connectivity index (χ2n) is 7.31. The summed E-state index contributed by atoms with van der Waals surface area (Å²) >= 11 is 3.42. The first kappa shape index (κ1) is 22.5. The van der Waals surface area contributed by atoms with Gasteiger partial charge in [0.25, 0.3) is 0 Å². The molecule has 1 aromatic heterocycles. The van der Waals surface area contributed by atoms with Crippen LogP contribution in [-0.4, -0.2) is 20.8 Å². The number of ether oxygens (including phenoxy) is 1. The molecular weight excluding hydrogens is 416 g/mol. The molecule has 1 aromatic carbocycles. The summed E-state index contributed by atoms with van der Waals surface area (Å²) in [5.41, 5.74) is 2.09. The standard InChI is InChI=1S/C23H31BrN2O2/c1-4-6-7-8-9-10-18-15-25-22(26-16-18)19-11-13-20(14-12-19)28-23(27)21(24)17(3)5-2/h11-17,21H,4-10H2,1-3H3. The van der Waals surface area contributed by atoms with Gasteiger partial charge in [0.15, 0.2) is 5.82 Å². The van der Waals surface area contributed by atoms with E-state index >= 15 is 0 Å². The molecule has 0 bridgehead atoms. The molecule has 0 amide bonds. The number of carbonyl (C=O) groups is 1. The van der Waals surface area contributed by atoms with Crippen LogP contribution in [0.4, 0.5) is 0 Å². The third-order valence-corrected chi connectivity index (χ3v) is 6.25. The highest BCUT2D eigenvalue weighted by atomic mass is 79.9. The van der Waals surface area contributed by atoms with Crippen molar-refractivity contribution in [3.05, 3.63) is 42.2 Å². The van der Waals surface area contributed by atoms with E-state index in [-0.39, 0.29) is 16.7 Å². The molecule has 0 aliphatic carbocycles. The molecule has 1 heterocycles. The third kappa shape index (κ3) is 7.01. The number of esters is 1. The number of hydrogen-bond donors (Lipinski definition) is 0. The van der Waals surface area contributed by atoms with Crippen LogP contribution in [0.25, 0.3) is 11.4 Å². The summed E-state index contributed by atoms with van der Waals surface area (Å²) in [4.78, 5) is 20.8. The first-order valence-corrected chi connectivity index (χ1v) is 11.2. The van der Waals surface area contributed by atoms with Crippen LogP contribution in [0.2, 0.25) is 0 Å². The predicted octanol–water partition coefficient (Wildman–Crippen LogP) is 6.37. The molecule has 0 spiro atoms. The molecule has 0 radical (unpaired) electrons. The van der Waals surface area contributed by atoms with Crippen LogP contribution >= 0.6 is 15.9 Å². The van der Waals surface area contributed by atoms with Gasteiger partial charge in [0.05, 0.1) is 0 Å². The van der Waals surface area contributed by atoms with Crippen LogP contribution in [-0.2, 0) is 11.2 Å². The van der Waals surface area contributed by atoms with Crippen LogP contribution in [0, 0.1) is 5.92 Å². The summed E-state index contributed by atoms with van der Waals surface area (Å²) in [6.45, 7) is 6.31. The number of aryl methyl sites for hydroxylation is 1. The van der Waals surface area contributed by atoms with Gasteiger partial charge in [-0.1, -0.05) is 68.8 Å². The van der Waals surface area contributed by atoms with Crippen molar-refractivity contribution in [3.63, 3.8) is 0 Å². The Morgan fingerprint density at radius 3 is 2.29 bits per heavy atom. The second-order valence-corrected chi connectivity index (χ2v) is 8.30. The molecule has 4 nitrogen and oxygen atoms in total. The highest BCUT2D eigenvalue weighted by Crippen LogP contribution is 2.22. The third-order valence-electron chi connectivity index (χ3n) is 4.97. The SMILES string of the molecule is CCCCCCCc1cnc(-c2ccc(OC(=O)C(Br)C(C)CC)cc2)nc1. The average Bonchev–Trinajstić information content (AvgIpc) is 2.73. The summed E-state index contributed by atoms with van der Waals surface area (Å²) < 4.78 is 5.45. The quantitative estimate of drug-likeness (QED) is 0.174. The van der Waals surface area contributed by atoms with E-state index < -0.39 is 0 Å². The lowest BCUT2D eigenvalue weighted by atomic mass is 10.1. The van der Waals surface area contributed by atoms with Crippen LogP contribution in [0.1, 0.15) is 64.9 Å². The Hall–Kier alpha value is -1.75. The van der Waals surface area contributed by atoms with Crippen LogP contribution < -0.4 is 4.74 Å². The van der Waals surface area contributed by atoms with Crippen molar-refractivity contribution in [1.82, 2.24) is 9.97 Å². The van der Waals surface area contributed by atoms with Gasteiger partial charge in [-0.3, -0.25) is 4.79 Å². The fourth-order valence-electron chi connectivity index (χ4n) is 2.85. The number of aromatic nitrogens is 2. The van der Waals surface area contributed by atoms with E-state index in [1.54, 1.807) is 12.1 Å². The Morgan fingerprint density at radius 2 is 1.68 bits per heavy atom. The molecule has 2 atom stereocenters. The number of unbranched alkanes of at least 4 members (excludes halogenated alkanes) is 4. The summed E-state index contributed by atoms with van der Waals surface area (Å²) in [7, 11) is 0. The summed E-state index contributed by atoms with van der Waals surface area (Å²) in [6, 6.07) is 7.34. The molecule has 0 N–H and O–H groups in total. The van der Waals surface area contributed by atoms with Crippen molar-refractivity contribution in [2.75, 3.05) is 0 Å². The van der Waals surface area contributed by atoms with E-state index in [4.69, 9.17) is 4.74 Å². The number of halogens is 1. The number of carbonyl (C=O) groups excluding carboxylic acids is 1. The summed E-state index contributed by atoms with van der Waals surface area (Å²) in [5, 5.41) is 0. The van der Waals surface area contributed by atoms with Gasteiger partial charge in [-0.05, 0) is 48.6 Å². The van der Waals surface area contributed by atoms with E-state index in [0.717, 1.165) is 18.4 Å². The summed E-state index contributed by atoms with van der Waals surface area (Å²) in [5.74, 6) is 1.18. The van der Waals surface area contributed by atoms with Crippen molar-refractivity contribution in [2.24, 2.45) is 5.92 Å². The molecule has 28 heavy (non-hydrogen) atoms. The Balaban J connectivity index is 1.89. The second kappa shape index (κ2) is 11.9. The molecule has 0 fully saturated rings. The van der Waals surface area contributed by atoms with E-state index in [2.05, 4.69) is 39.7 Å². The molecule has 5 heteroatoms. The Morgan fingerprint density at radius 1 is 1.04 bits per heavy atom. The van der Waals surface area contributed by atoms with Crippen LogP contribution in [0.15, 0.2) is 36.7 Å². The van der Waals surface area contributed by atoms with Crippen molar-refractivity contribution in [2.45, 2.75) is 70.5 Å². The zero-order chi connectivity index (χ0) is 20.4. The molecule has 0 saturated carbocycles. The van der Waals surface area contributed by atoms with E-state index in [1.165, 1.54) is 37.7 Å². The maximum absolute atomic E-state index is 12.2. The highest BCUT2D eigenvalue weighted by molar-refractivity contribution is 9.10. The van der Waals surface area contributed by atoms with Gasteiger partial charge < -0.3 is 4.74 Å². The molecule has 2 aromatic rings. The van der Waals surface area contributed by atoms with Crippen molar-refractivity contribution >= 4 is 21.9 Å². The lowest BCUT2D eigenvalue weighted by molar-refractivity contribution is -0.134. The maximum Gasteiger partial charge on any atom is 0.325 e. The van der Waals surface area contributed by atoms with E-state index in [0.29, 0.717) is 11.6 Å². The lowest BCUT2D eigenvalue weighted by Gasteiger charge is -2.15.